The molecule has 2 aliphatic heterocycles. The lowest BCUT2D eigenvalue weighted by atomic mass is 10.0. The van der Waals surface area contributed by atoms with Crippen molar-refractivity contribution in [3.8, 4) is 0 Å². The van der Waals surface area contributed by atoms with Crippen molar-refractivity contribution in [2.45, 2.75) is 25.3 Å². The molecule has 3 unspecified atom stereocenters. The van der Waals surface area contributed by atoms with E-state index in [1.807, 2.05) is 13.1 Å². The van der Waals surface area contributed by atoms with Crippen LogP contribution in [-0.4, -0.2) is 26.0 Å². The topological polar surface area (TPSA) is 49.6 Å². The van der Waals surface area contributed by atoms with Crippen molar-refractivity contribution in [2.75, 3.05) is 29.9 Å². The summed E-state index contributed by atoms with van der Waals surface area (Å²) in [6.07, 6.45) is 4.17. The molecule has 106 valence electrons. The van der Waals surface area contributed by atoms with E-state index in [9.17, 15) is 4.79 Å². The van der Waals surface area contributed by atoms with Crippen LogP contribution in [0.25, 0.3) is 0 Å². The molecule has 20 heavy (non-hydrogen) atoms. The Hall–Kier alpha value is -1.55. The Morgan fingerprint density at radius 2 is 1.90 bits per heavy atom. The molecule has 0 aromatic heterocycles. The number of carbonyl (C=O) groups is 1. The number of benzene rings is 1. The summed E-state index contributed by atoms with van der Waals surface area (Å²) in [5.41, 5.74) is 9.14. The Labute approximate surface area is 119 Å². The highest BCUT2D eigenvalue weighted by molar-refractivity contribution is 6.04. The van der Waals surface area contributed by atoms with Crippen LogP contribution in [0.3, 0.4) is 0 Å². The van der Waals surface area contributed by atoms with Crippen molar-refractivity contribution in [2.24, 2.45) is 17.6 Å². The van der Waals surface area contributed by atoms with Gasteiger partial charge < -0.3 is 15.5 Å². The smallest absolute Gasteiger partial charge is 0.248 e. The largest absolute Gasteiger partial charge is 0.371 e. The van der Waals surface area contributed by atoms with E-state index in [4.69, 9.17) is 5.73 Å². The van der Waals surface area contributed by atoms with E-state index in [0.717, 1.165) is 23.1 Å². The fraction of sp³-hybridized carbons (Fsp3) is 0.562. The Bertz CT molecular complexity index is 559. The third-order valence-corrected chi connectivity index (χ3v) is 5.40. The van der Waals surface area contributed by atoms with Gasteiger partial charge in [0.2, 0.25) is 5.91 Å². The minimum atomic E-state index is -0.484. The first-order chi connectivity index (χ1) is 9.65. The van der Waals surface area contributed by atoms with Gasteiger partial charge in [0.25, 0.3) is 0 Å². The molecule has 4 rings (SSSR count). The van der Waals surface area contributed by atoms with Gasteiger partial charge in [0, 0.05) is 31.4 Å². The standard InChI is InChI=1S/C16H21N3O/c1-18-14-7-12(5-6-13(14)15(17)16(18)20)19-8-10-3-2-4-11(10)9-19/h5-7,10-11,15H,2-4,8-9,17H2,1H3. The lowest BCUT2D eigenvalue weighted by molar-refractivity contribution is -0.118. The second-order valence-corrected chi connectivity index (χ2v) is 6.47. The summed E-state index contributed by atoms with van der Waals surface area (Å²) in [6.45, 7) is 2.35. The first-order valence-corrected chi connectivity index (χ1v) is 7.57. The molecule has 1 saturated carbocycles. The molecule has 3 aliphatic rings. The maximum absolute atomic E-state index is 11.9. The minimum absolute atomic E-state index is 0.00422. The maximum Gasteiger partial charge on any atom is 0.248 e. The number of hydrogen-bond acceptors (Lipinski definition) is 3. The third-order valence-electron chi connectivity index (χ3n) is 5.40. The van der Waals surface area contributed by atoms with Crippen molar-refractivity contribution >= 4 is 17.3 Å². The van der Waals surface area contributed by atoms with E-state index in [1.54, 1.807) is 4.90 Å². The van der Waals surface area contributed by atoms with Crippen LogP contribution in [-0.2, 0) is 4.79 Å². The van der Waals surface area contributed by atoms with Crippen LogP contribution in [0.1, 0.15) is 30.9 Å². The van der Waals surface area contributed by atoms with Crippen LogP contribution in [0.5, 0.6) is 0 Å². The predicted octanol–water partition coefficient (Wildman–Crippen LogP) is 1.90. The number of rotatable bonds is 1. The van der Waals surface area contributed by atoms with E-state index >= 15 is 0 Å². The molecule has 3 atom stereocenters. The van der Waals surface area contributed by atoms with Crippen LogP contribution >= 0.6 is 0 Å². The van der Waals surface area contributed by atoms with Crippen LogP contribution < -0.4 is 15.5 Å². The Morgan fingerprint density at radius 1 is 1.20 bits per heavy atom. The molecule has 0 spiro atoms. The number of nitrogens with two attached hydrogens (primary N) is 1. The van der Waals surface area contributed by atoms with Gasteiger partial charge in [-0.2, -0.15) is 0 Å². The molecule has 4 nitrogen and oxygen atoms in total. The zero-order valence-electron chi connectivity index (χ0n) is 11.9. The van der Waals surface area contributed by atoms with Crippen LogP contribution in [0.4, 0.5) is 11.4 Å². The van der Waals surface area contributed by atoms with Crippen LogP contribution in [0.2, 0.25) is 0 Å². The first-order valence-electron chi connectivity index (χ1n) is 7.57. The lowest BCUT2D eigenvalue weighted by Crippen LogP contribution is -2.27. The number of carbonyl (C=O) groups excluding carboxylic acids is 1. The van der Waals surface area contributed by atoms with Gasteiger partial charge in [-0.15, -0.1) is 0 Å². The van der Waals surface area contributed by atoms with Crippen molar-refractivity contribution in [1.82, 2.24) is 0 Å². The summed E-state index contributed by atoms with van der Waals surface area (Å²) in [5, 5.41) is 0. The molecule has 1 saturated heterocycles. The molecule has 2 heterocycles. The van der Waals surface area contributed by atoms with Crippen LogP contribution in [0.15, 0.2) is 18.2 Å². The summed E-state index contributed by atoms with van der Waals surface area (Å²) < 4.78 is 0. The average molecular weight is 271 g/mol. The number of fused-ring (bicyclic) bond motifs is 2. The van der Waals surface area contributed by atoms with Gasteiger partial charge in [-0.3, -0.25) is 4.79 Å². The zero-order chi connectivity index (χ0) is 13.9. The summed E-state index contributed by atoms with van der Waals surface area (Å²) in [5.74, 6) is 1.75. The quantitative estimate of drug-likeness (QED) is 0.848. The van der Waals surface area contributed by atoms with Crippen molar-refractivity contribution < 1.29 is 4.79 Å². The number of amides is 1. The molecule has 0 bridgehead atoms. The second-order valence-electron chi connectivity index (χ2n) is 6.47. The van der Waals surface area contributed by atoms with Gasteiger partial charge in [0.15, 0.2) is 0 Å². The highest BCUT2D eigenvalue weighted by atomic mass is 16.2. The van der Waals surface area contributed by atoms with Gasteiger partial charge >= 0.3 is 0 Å². The Morgan fingerprint density at radius 3 is 2.60 bits per heavy atom. The minimum Gasteiger partial charge on any atom is -0.371 e. The van der Waals surface area contributed by atoms with Gasteiger partial charge in [0.1, 0.15) is 6.04 Å². The predicted molar refractivity (Wildman–Crippen MR) is 79.8 cm³/mol. The van der Waals surface area contributed by atoms with Crippen LogP contribution in [0, 0.1) is 11.8 Å². The molecule has 2 fully saturated rings. The fourth-order valence-corrected chi connectivity index (χ4v) is 4.19. The molecule has 4 heteroatoms. The Kier molecular flexibility index (Phi) is 2.58. The molecule has 1 aromatic carbocycles. The number of hydrogen-bond donors (Lipinski definition) is 1. The maximum atomic E-state index is 11.9. The molecule has 0 radical (unpaired) electrons. The number of likely N-dealkylation sites (N-methyl/N-ethyl adjacent to an activating group) is 1. The highest BCUT2D eigenvalue weighted by Crippen LogP contribution is 2.42. The molecular weight excluding hydrogens is 250 g/mol. The summed E-state index contributed by atoms with van der Waals surface area (Å²) >= 11 is 0. The number of nitrogens with zero attached hydrogens (tertiary/aromatic N) is 2. The van der Waals surface area contributed by atoms with Crippen molar-refractivity contribution in [3.05, 3.63) is 23.8 Å². The van der Waals surface area contributed by atoms with Gasteiger partial charge in [-0.1, -0.05) is 12.5 Å². The molecule has 2 N–H and O–H groups in total. The van der Waals surface area contributed by atoms with E-state index in [2.05, 4.69) is 17.0 Å². The van der Waals surface area contributed by atoms with E-state index in [1.165, 1.54) is 38.0 Å². The average Bonchev–Trinajstić information content (AvgIpc) is 3.09. The molecule has 1 amide bonds. The highest BCUT2D eigenvalue weighted by Gasteiger charge is 2.37. The molecule has 1 aromatic rings. The first kappa shape index (κ1) is 12.2. The van der Waals surface area contributed by atoms with Gasteiger partial charge in [-0.25, -0.2) is 0 Å². The Balaban J connectivity index is 1.64. The fourth-order valence-electron chi connectivity index (χ4n) is 4.19. The number of anilines is 2. The summed E-state index contributed by atoms with van der Waals surface area (Å²) in [4.78, 5) is 16.1. The summed E-state index contributed by atoms with van der Waals surface area (Å²) in [6, 6.07) is 5.82. The zero-order valence-corrected chi connectivity index (χ0v) is 11.9. The second kappa shape index (κ2) is 4.22. The van der Waals surface area contributed by atoms with Crippen molar-refractivity contribution in [3.63, 3.8) is 0 Å². The van der Waals surface area contributed by atoms with E-state index < -0.39 is 6.04 Å². The third kappa shape index (κ3) is 1.61. The SMILES string of the molecule is CN1C(=O)C(N)c2ccc(N3CC4CCCC4C3)cc21. The summed E-state index contributed by atoms with van der Waals surface area (Å²) in [7, 11) is 1.82. The molecular formula is C16H21N3O. The van der Waals surface area contributed by atoms with Crippen molar-refractivity contribution in [1.29, 1.82) is 0 Å². The van der Waals surface area contributed by atoms with E-state index in [0.29, 0.717) is 0 Å². The van der Waals surface area contributed by atoms with E-state index in [-0.39, 0.29) is 5.91 Å². The lowest BCUT2D eigenvalue weighted by Gasteiger charge is -2.21. The van der Waals surface area contributed by atoms with Gasteiger partial charge in [-0.05, 0) is 36.8 Å². The van der Waals surface area contributed by atoms with Gasteiger partial charge in [0.05, 0.1) is 5.69 Å². The monoisotopic (exact) mass is 271 g/mol. The normalized spacial score (nSPS) is 31.9. The molecule has 1 aliphatic carbocycles.